The fourth-order valence-corrected chi connectivity index (χ4v) is 1.86. The van der Waals surface area contributed by atoms with E-state index in [9.17, 15) is 13.2 Å². The Morgan fingerprint density at radius 1 is 1.27 bits per heavy atom. The van der Waals surface area contributed by atoms with Crippen molar-refractivity contribution in [3.8, 4) is 0 Å². The maximum Gasteiger partial charge on any atom is 0.412 e. The van der Waals surface area contributed by atoms with E-state index in [1.807, 2.05) is 4.90 Å². The minimum Gasteiger partial charge on any atom is -0.358 e. The average molecular weight is 218 g/mol. The summed E-state index contributed by atoms with van der Waals surface area (Å²) in [6.07, 6.45) is 2.21. The van der Waals surface area contributed by atoms with Crippen molar-refractivity contribution in [1.82, 2.24) is 10.2 Å². The van der Waals surface area contributed by atoms with E-state index in [2.05, 4.69) is 5.32 Å². The van der Waals surface area contributed by atoms with Crippen LogP contribution in [0.15, 0.2) is 24.0 Å². The first-order chi connectivity index (χ1) is 7.07. The Hall–Kier alpha value is -1.13. The summed E-state index contributed by atoms with van der Waals surface area (Å²) in [6, 6.07) is -1.54. The zero-order chi connectivity index (χ0) is 10.9. The van der Waals surface area contributed by atoms with Gasteiger partial charge in [0, 0.05) is 13.1 Å². The van der Waals surface area contributed by atoms with Crippen molar-refractivity contribution in [2.75, 3.05) is 13.1 Å². The SMILES string of the molecule is FC(F)(F)C1C=CC=C(N2CCCC2)N1. The van der Waals surface area contributed by atoms with Gasteiger partial charge in [-0.25, -0.2) is 0 Å². The van der Waals surface area contributed by atoms with E-state index < -0.39 is 12.2 Å². The maximum absolute atomic E-state index is 12.4. The number of alkyl halides is 3. The molecule has 0 aromatic rings. The number of allylic oxidation sites excluding steroid dienone is 2. The maximum atomic E-state index is 12.4. The quantitative estimate of drug-likeness (QED) is 0.724. The van der Waals surface area contributed by atoms with E-state index in [-0.39, 0.29) is 0 Å². The number of hydrogen-bond donors (Lipinski definition) is 1. The number of nitrogens with zero attached hydrogens (tertiary/aromatic N) is 1. The molecule has 2 rings (SSSR count). The molecular formula is C10H13F3N2. The van der Waals surface area contributed by atoms with Gasteiger partial charge in [-0.05, 0) is 18.9 Å². The molecule has 15 heavy (non-hydrogen) atoms. The summed E-state index contributed by atoms with van der Waals surface area (Å²) in [5.41, 5.74) is 0. The normalized spacial score (nSPS) is 26.5. The summed E-state index contributed by atoms with van der Waals surface area (Å²) in [5, 5.41) is 2.51. The highest BCUT2D eigenvalue weighted by molar-refractivity contribution is 5.21. The third-order valence-corrected chi connectivity index (χ3v) is 2.66. The van der Waals surface area contributed by atoms with Gasteiger partial charge in [0.05, 0.1) is 0 Å². The van der Waals surface area contributed by atoms with Gasteiger partial charge in [0.2, 0.25) is 0 Å². The molecule has 1 unspecified atom stereocenters. The van der Waals surface area contributed by atoms with Gasteiger partial charge in [-0.3, -0.25) is 0 Å². The monoisotopic (exact) mass is 218 g/mol. The molecule has 2 heterocycles. The second-order valence-corrected chi connectivity index (χ2v) is 3.79. The summed E-state index contributed by atoms with van der Waals surface area (Å²) in [4.78, 5) is 1.96. The molecule has 1 fully saturated rings. The Bertz CT molecular complexity index is 288. The Morgan fingerprint density at radius 3 is 2.53 bits per heavy atom. The predicted octanol–water partition coefficient (Wildman–Crippen LogP) is 2.01. The van der Waals surface area contributed by atoms with E-state index in [1.54, 1.807) is 6.08 Å². The van der Waals surface area contributed by atoms with Crippen LogP contribution in [0.25, 0.3) is 0 Å². The lowest BCUT2D eigenvalue weighted by Crippen LogP contribution is -2.45. The molecule has 1 atom stereocenters. The summed E-state index contributed by atoms with van der Waals surface area (Å²) < 4.78 is 37.3. The molecule has 5 heteroatoms. The van der Waals surface area contributed by atoms with Crippen LogP contribution in [-0.4, -0.2) is 30.2 Å². The van der Waals surface area contributed by atoms with Crippen LogP contribution in [-0.2, 0) is 0 Å². The van der Waals surface area contributed by atoms with Gasteiger partial charge in [0.25, 0.3) is 0 Å². The van der Waals surface area contributed by atoms with Crippen molar-refractivity contribution in [3.05, 3.63) is 24.0 Å². The van der Waals surface area contributed by atoms with E-state index in [4.69, 9.17) is 0 Å². The van der Waals surface area contributed by atoms with Crippen LogP contribution < -0.4 is 5.32 Å². The van der Waals surface area contributed by atoms with Crippen LogP contribution in [0.5, 0.6) is 0 Å². The Kier molecular flexibility index (Phi) is 2.63. The lowest BCUT2D eigenvalue weighted by Gasteiger charge is -2.29. The zero-order valence-electron chi connectivity index (χ0n) is 8.22. The van der Waals surface area contributed by atoms with Crippen LogP contribution in [0.4, 0.5) is 13.2 Å². The van der Waals surface area contributed by atoms with Crippen molar-refractivity contribution in [3.63, 3.8) is 0 Å². The van der Waals surface area contributed by atoms with E-state index in [0.29, 0.717) is 5.82 Å². The number of dihydropyridines is 1. The number of hydrogen-bond acceptors (Lipinski definition) is 2. The summed E-state index contributed by atoms with van der Waals surface area (Å²) in [7, 11) is 0. The molecule has 0 radical (unpaired) electrons. The molecule has 84 valence electrons. The molecule has 0 aromatic carbocycles. The van der Waals surface area contributed by atoms with Crippen molar-refractivity contribution in [2.24, 2.45) is 0 Å². The molecule has 0 amide bonds. The summed E-state index contributed by atoms with van der Waals surface area (Å²) >= 11 is 0. The van der Waals surface area contributed by atoms with Crippen LogP contribution in [0.1, 0.15) is 12.8 Å². The topological polar surface area (TPSA) is 15.3 Å². The minimum absolute atomic E-state index is 0.595. The number of rotatable bonds is 1. The second kappa shape index (κ2) is 3.79. The lowest BCUT2D eigenvalue weighted by atomic mass is 10.2. The number of likely N-dealkylation sites (tertiary alicyclic amines) is 1. The number of halogens is 3. The van der Waals surface area contributed by atoms with Gasteiger partial charge < -0.3 is 10.2 Å². The van der Waals surface area contributed by atoms with Crippen LogP contribution in [0.2, 0.25) is 0 Å². The van der Waals surface area contributed by atoms with E-state index >= 15 is 0 Å². The van der Waals surface area contributed by atoms with Gasteiger partial charge in [-0.1, -0.05) is 12.2 Å². The summed E-state index contributed by atoms with van der Waals surface area (Å²) in [6.45, 7) is 1.69. The zero-order valence-corrected chi connectivity index (χ0v) is 8.22. The molecule has 2 aliphatic rings. The largest absolute Gasteiger partial charge is 0.412 e. The molecule has 0 aromatic heterocycles. The van der Waals surface area contributed by atoms with Crippen molar-refractivity contribution >= 4 is 0 Å². The van der Waals surface area contributed by atoms with Gasteiger partial charge in [0.1, 0.15) is 11.9 Å². The van der Waals surface area contributed by atoms with Gasteiger partial charge in [-0.15, -0.1) is 0 Å². The Labute approximate surface area is 86.4 Å². The average Bonchev–Trinajstić information content (AvgIpc) is 2.69. The Balaban J connectivity index is 2.04. The third kappa shape index (κ3) is 2.27. The van der Waals surface area contributed by atoms with Gasteiger partial charge >= 0.3 is 6.18 Å². The van der Waals surface area contributed by atoms with Crippen LogP contribution in [0, 0.1) is 0 Å². The first kappa shape index (κ1) is 10.4. The molecule has 0 saturated carbocycles. The van der Waals surface area contributed by atoms with E-state index in [1.165, 1.54) is 6.08 Å². The van der Waals surface area contributed by atoms with Crippen molar-refractivity contribution in [1.29, 1.82) is 0 Å². The van der Waals surface area contributed by atoms with Crippen LogP contribution >= 0.6 is 0 Å². The highest BCUT2D eigenvalue weighted by Crippen LogP contribution is 2.25. The highest BCUT2D eigenvalue weighted by Gasteiger charge is 2.39. The van der Waals surface area contributed by atoms with E-state index in [0.717, 1.165) is 32.0 Å². The molecule has 0 aliphatic carbocycles. The molecule has 2 nitrogen and oxygen atoms in total. The van der Waals surface area contributed by atoms with Crippen molar-refractivity contribution in [2.45, 2.75) is 25.1 Å². The van der Waals surface area contributed by atoms with Crippen molar-refractivity contribution < 1.29 is 13.2 Å². The first-order valence-corrected chi connectivity index (χ1v) is 5.04. The minimum atomic E-state index is -4.21. The molecule has 2 aliphatic heterocycles. The fraction of sp³-hybridized carbons (Fsp3) is 0.600. The van der Waals surface area contributed by atoms with Crippen LogP contribution in [0.3, 0.4) is 0 Å². The van der Waals surface area contributed by atoms with Gasteiger partial charge in [0.15, 0.2) is 0 Å². The second-order valence-electron chi connectivity index (χ2n) is 3.79. The third-order valence-electron chi connectivity index (χ3n) is 2.66. The first-order valence-electron chi connectivity index (χ1n) is 5.04. The molecule has 0 spiro atoms. The molecule has 1 N–H and O–H groups in total. The summed E-state index contributed by atoms with van der Waals surface area (Å²) in [5.74, 6) is 0.595. The Morgan fingerprint density at radius 2 is 1.93 bits per heavy atom. The standard InChI is InChI=1S/C10H13F3N2/c11-10(12,13)8-4-3-5-9(14-8)15-6-1-2-7-15/h3-5,8,14H,1-2,6-7H2. The molecular weight excluding hydrogens is 205 g/mol. The highest BCUT2D eigenvalue weighted by atomic mass is 19.4. The lowest BCUT2D eigenvalue weighted by molar-refractivity contribution is -0.144. The predicted molar refractivity (Wildman–Crippen MR) is 51.0 cm³/mol. The molecule has 1 saturated heterocycles. The fourth-order valence-electron chi connectivity index (χ4n) is 1.86. The van der Waals surface area contributed by atoms with Gasteiger partial charge in [-0.2, -0.15) is 13.2 Å². The number of nitrogens with one attached hydrogen (secondary N) is 1. The molecule has 0 bridgehead atoms. The smallest absolute Gasteiger partial charge is 0.358 e.